The summed E-state index contributed by atoms with van der Waals surface area (Å²) in [5.41, 5.74) is 1.15. The standard InChI is InChI=1S/C21H21F3N2O3/c1-20(2,19(27)29-13-21(22,23)24)12-26-17-7-5-4-6-16(17)18(25-26)14-8-10-15(28-3)11-9-14/h4-11H,12-13H2,1-3H3. The molecule has 154 valence electrons. The Balaban J connectivity index is 1.92. The average Bonchev–Trinajstić information content (AvgIpc) is 3.03. The third-order valence-electron chi connectivity index (χ3n) is 4.49. The van der Waals surface area contributed by atoms with Crippen LogP contribution in [-0.2, 0) is 16.1 Å². The minimum atomic E-state index is -4.56. The van der Waals surface area contributed by atoms with E-state index >= 15 is 0 Å². The van der Waals surface area contributed by atoms with Gasteiger partial charge < -0.3 is 9.47 Å². The molecule has 29 heavy (non-hydrogen) atoms. The van der Waals surface area contributed by atoms with Gasteiger partial charge in [0.2, 0.25) is 0 Å². The van der Waals surface area contributed by atoms with E-state index < -0.39 is 24.2 Å². The van der Waals surface area contributed by atoms with Gasteiger partial charge in [0.25, 0.3) is 0 Å². The molecule has 0 aliphatic carbocycles. The lowest BCUT2D eigenvalue weighted by atomic mass is 9.94. The Morgan fingerprint density at radius 1 is 1.07 bits per heavy atom. The molecule has 5 nitrogen and oxygen atoms in total. The summed E-state index contributed by atoms with van der Waals surface area (Å²) in [5, 5.41) is 5.51. The maximum atomic E-state index is 12.4. The number of hydrogen-bond acceptors (Lipinski definition) is 4. The predicted molar refractivity (Wildman–Crippen MR) is 103 cm³/mol. The number of para-hydroxylation sites is 1. The van der Waals surface area contributed by atoms with Crippen molar-refractivity contribution in [2.75, 3.05) is 13.7 Å². The summed E-state index contributed by atoms with van der Waals surface area (Å²) in [6.45, 7) is 1.54. The van der Waals surface area contributed by atoms with Crippen molar-refractivity contribution in [1.29, 1.82) is 0 Å². The highest BCUT2D eigenvalue weighted by atomic mass is 19.4. The van der Waals surface area contributed by atoms with Crippen LogP contribution in [0.2, 0.25) is 0 Å². The van der Waals surface area contributed by atoms with Crippen molar-refractivity contribution < 1.29 is 27.4 Å². The van der Waals surface area contributed by atoms with Crippen LogP contribution in [0.4, 0.5) is 13.2 Å². The first kappa shape index (κ1) is 20.7. The molecule has 8 heteroatoms. The van der Waals surface area contributed by atoms with Gasteiger partial charge in [0.05, 0.1) is 24.6 Å². The van der Waals surface area contributed by atoms with E-state index in [1.165, 1.54) is 13.8 Å². The van der Waals surface area contributed by atoms with E-state index in [0.717, 1.165) is 16.5 Å². The van der Waals surface area contributed by atoms with Crippen molar-refractivity contribution in [3.63, 3.8) is 0 Å². The number of carbonyl (C=O) groups excluding carboxylic acids is 1. The SMILES string of the molecule is COc1ccc(-c2nn(CC(C)(C)C(=O)OCC(F)(F)F)c3ccccc23)cc1. The monoisotopic (exact) mass is 406 g/mol. The number of rotatable bonds is 6. The molecule has 3 aromatic rings. The van der Waals surface area contributed by atoms with Gasteiger partial charge in [0.1, 0.15) is 11.4 Å². The van der Waals surface area contributed by atoms with E-state index in [0.29, 0.717) is 11.4 Å². The highest BCUT2D eigenvalue weighted by Gasteiger charge is 2.36. The maximum Gasteiger partial charge on any atom is 0.422 e. The Hall–Kier alpha value is -3.03. The summed E-state index contributed by atoms with van der Waals surface area (Å²) in [6.07, 6.45) is -4.56. The highest BCUT2D eigenvalue weighted by Crippen LogP contribution is 2.31. The van der Waals surface area contributed by atoms with Crippen LogP contribution in [0.5, 0.6) is 5.75 Å². The van der Waals surface area contributed by atoms with Crippen LogP contribution in [0.3, 0.4) is 0 Å². The number of methoxy groups -OCH3 is 1. The number of benzene rings is 2. The Morgan fingerprint density at radius 3 is 2.34 bits per heavy atom. The third-order valence-corrected chi connectivity index (χ3v) is 4.49. The van der Waals surface area contributed by atoms with Crippen molar-refractivity contribution >= 4 is 16.9 Å². The first-order valence-electron chi connectivity index (χ1n) is 8.95. The van der Waals surface area contributed by atoms with Gasteiger partial charge in [-0.05, 0) is 44.2 Å². The number of nitrogens with zero attached hydrogens (tertiary/aromatic N) is 2. The predicted octanol–water partition coefficient (Wildman–Crippen LogP) is 4.84. The van der Waals surface area contributed by atoms with E-state index in [1.807, 2.05) is 48.5 Å². The first-order chi connectivity index (χ1) is 13.6. The van der Waals surface area contributed by atoms with Crippen LogP contribution >= 0.6 is 0 Å². The fraction of sp³-hybridized carbons (Fsp3) is 0.333. The fourth-order valence-corrected chi connectivity index (χ4v) is 2.99. The van der Waals surface area contributed by atoms with Crippen molar-refractivity contribution in [3.8, 4) is 17.0 Å². The van der Waals surface area contributed by atoms with Crippen LogP contribution in [0.15, 0.2) is 48.5 Å². The van der Waals surface area contributed by atoms with Gasteiger partial charge in [-0.2, -0.15) is 18.3 Å². The van der Waals surface area contributed by atoms with Gasteiger partial charge in [-0.15, -0.1) is 0 Å². The van der Waals surface area contributed by atoms with Crippen LogP contribution in [0, 0.1) is 5.41 Å². The zero-order valence-electron chi connectivity index (χ0n) is 16.3. The second kappa shape index (κ2) is 7.77. The van der Waals surface area contributed by atoms with Gasteiger partial charge in [-0.25, -0.2) is 0 Å². The number of esters is 1. The zero-order valence-corrected chi connectivity index (χ0v) is 16.3. The Bertz CT molecular complexity index is 1010. The minimum Gasteiger partial charge on any atom is -0.497 e. The van der Waals surface area contributed by atoms with Gasteiger partial charge in [0.15, 0.2) is 6.61 Å². The second-order valence-electron chi connectivity index (χ2n) is 7.33. The quantitative estimate of drug-likeness (QED) is 0.550. The Labute approximate surface area is 166 Å². The molecule has 0 fully saturated rings. The fourth-order valence-electron chi connectivity index (χ4n) is 2.99. The molecule has 0 N–H and O–H groups in total. The average molecular weight is 406 g/mol. The topological polar surface area (TPSA) is 53.4 Å². The van der Waals surface area contributed by atoms with Crippen LogP contribution < -0.4 is 4.74 Å². The molecule has 2 aromatic carbocycles. The smallest absolute Gasteiger partial charge is 0.422 e. The summed E-state index contributed by atoms with van der Waals surface area (Å²) in [4.78, 5) is 12.2. The van der Waals surface area contributed by atoms with E-state index in [9.17, 15) is 18.0 Å². The van der Waals surface area contributed by atoms with Gasteiger partial charge in [-0.1, -0.05) is 18.2 Å². The van der Waals surface area contributed by atoms with Crippen molar-refractivity contribution in [2.24, 2.45) is 5.41 Å². The van der Waals surface area contributed by atoms with Gasteiger partial charge >= 0.3 is 12.1 Å². The lowest BCUT2D eigenvalue weighted by Gasteiger charge is -2.23. The number of carbonyl (C=O) groups is 1. The first-order valence-corrected chi connectivity index (χ1v) is 8.95. The summed E-state index contributed by atoms with van der Waals surface area (Å²) >= 11 is 0. The third kappa shape index (κ3) is 4.70. The summed E-state index contributed by atoms with van der Waals surface area (Å²) < 4.78 is 48.4. The normalized spacial score (nSPS) is 12.2. The molecule has 0 radical (unpaired) electrons. The lowest BCUT2D eigenvalue weighted by Crippen LogP contribution is -2.34. The molecule has 1 aromatic heterocycles. The van der Waals surface area contributed by atoms with E-state index in [1.54, 1.807) is 11.8 Å². The molecular formula is C21H21F3N2O3. The number of aromatic nitrogens is 2. The molecule has 0 aliphatic rings. The molecule has 0 spiro atoms. The molecule has 0 saturated heterocycles. The minimum absolute atomic E-state index is 0.0698. The number of alkyl halides is 3. The Kier molecular flexibility index (Phi) is 5.55. The molecule has 0 amide bonds. The second-order valence-corrected chi connectivity index (χ2v) is 7.33. The van der Waals surface area contributed by atoms with E-state index in [-0.39, 0.29) is 6.54 Å². The summed E-state index contributed by atoms with van der Waals surface area (Å²) in [7, 11) is 1.58. The summed E-state index contributed by atoms with van der Waals surface area (Å²) in [5.74, 6) is -0.216. The highest BCUT2D eigenvalue weighted by molar-refractivity contribution is 5.93. The van der Waals surface area contributed by atoms with Crippen molar-refractivity contribution in [3.05, 3.63) is 48.5 Å². The largest absolute Gasteiger partial charge is 0.497 e. The number of fused-ring (bicyclic) bond motifs is 1. The van der Waals surface area contributed by atoms with Gasteiger partial charge in [0, 0.05) is 10.9 Å². The Morgan fingerprint density at radius 2 is 1.72 bits per heavy atom. The molecule has 0 atom stereocenters. The van der Waals surface area contributed by atoms with Crippen LogP contribution in [0.25, 0.3) is 22.2 Å². The van der Waals surface area contributed by atoms with Crippen LogP contribution in [0.1, 0.15) is 13.8 Å². The van der Waals surface area contributed by atoms with E-state index in [4.69, 9.17) is 4.74 Å². The number of halogens is 3. The van der Waals surface area contributed by atoms with Crippen molar-refractivity contribution in [1.82, 2.24) is 9.78 Å². The molecule has 0 aliphatic heterocycles. The molecule has 0 unspecified atom stereocenters. The molecule has 1 heterocycles. The molecule has 0 saturated carbocycles. The van der Waals surface area contributed by atoms with Crippen molar-refractivity contribution in [2.45, 2.75) is 26.6 Å². The van der Waals surface area contributed by atoms with Crippen LogP contribution in [-0.4, -0.2) is 35.6 Å². The molecular weight excluding hydrogens is 385 g/mol. The maximum absolute atomic E-state index is 12.4. The lowest BCUT2D eigenvalue weighted by molar-refractivity contribution is -0.193. The molecule has 0 bridgehead atoms. The number of hydrogen-bond donors (Lipinski definition) is 0. The number of ether oxygens (including phenoxy) is 2. The zero-order chi connectivity index (χ0) is 21.2. The van der Waals surface area contributed by atoms with E-state index in [2.05, 4.69) is 9.84 Å². The van der Waals surface area contributed by atoms with Gasteiger partial charge in [-0.3, -0.25) is 9.48 Å². The summed E-state index contributed by atoms with van der Waals surface area (Å²) in [6, 6.07) is 14.9. The molecule has 3 rings (SSSR count).